The van der Waals surface area contributed by atoms with Gasteiger partial charge in [-0.2, -0.15) is 5.10 Å². The molecule has 1 atom stereocenters. The van der Waals surface area contributed by atoms with Gasteiger partial charge in [-0.3, -0.25) is 0 Å². The summed E-state index contributed by atoms with van der Waals surface area (Å²) in [6.45, 7) is 2.09. The quantitative estimate of drug-likeness (QED) is 0.750. The molecule has 0 amide bonds. The van der Waals surface area contributed by atoms with Crippen molar-refractivity contribution in [3.05, 3.63) is 64.7 Å². The van der Waals surface area contributed by atoms with Gasteiger partial charge in [-0.05, 0) is 54.4 Å². The van der Waals surface area contributed by atoms with Crippen molar-refractivity contribution >= 4 is 40.5 Å². The first kappa shape index (κ1) is 16.7. The number of methoxy groups -OCH3 is 1. The van der Waals surface area contributed by atoms with Gasteiger partial charge < -0.3 is 4.74 Å². The molecule has 2 aromatic carbocycles. The topological polar surface area (TPSA) is 46.3 Å². The minimum atomic E-state index is 0.173. The van der Waals surface area contributed by atoms with E-state index in [2.05, 4.69) is 22.1 Å². The van der Waals surface area contributed by atoms with Crippen LogP contribution in [0.4, 0.5) is 0 Å². The molecule has 1 heterocycles. The Morgan fingerprint density at radius 3 is 2.42 bits per heavy atom. The molecule has 0 saturated heterocycles. The summed E-state index contributed by atoms with van der Waals surface area (Å²) in [6.07, 6.45) is 1.78. The molecule has 0 fully saturated rings. The van der Waals surface area contributed by atoms with Crippen molar-refractivity contribution in [2.75, 3.05) is 7.11 Å². The fourth-order valence-corrected chi connectivity index (χ4v) is 3.14. The van der Waals surface area contributed by atoms with E-state index in [9.17, 15) is 0 Å². The number of hydrogen-bond donors (Lipinski definition) is 0. The zero-order chi connectivity index (χ0) is 16.9. The maximum atomic E-state index is 5.93. The van der Waals surface area contributed by atoms with Crippen molar-refractivity contribution in [3.63, 3.8) is 0 Å². The Balaban J connectivity index is 1.75. The maximum Gasteiger partial charge on any atom is 0.209 e. The number of rotatable bonds is 3. The first-order valence-electron chi connectivity index (χ1n) is 7.42. The van der Waals surface area contributed by atoms with Crippen LogP contribution in [0.2, 0.25) is 5.02 Å². The molecule has 6 heteroatoms. The molecule has 0 aliphatic carbocycles. The average Bonchev–Trinajstić information content (AvgIpc) is 2.61. The second kappa shape index (κ2) is 7.64. The summed E-state index contributed by atoms with van der Waals surface area (Å²) in [4.78, 5) is 4.42. The third-order valence-corrected chi connectivity index (χ3v) is 4.72. The molecule has 24 heavy (non-hydrogen) atoms. The zero-order valence-electron chi connectivity index (χ0n) is 13.3. The molecule has 1 aliphatic heterocycles. The van der Waals surface area contributed by atoms with Crippen LogP contribution < -0.4 is 4.74 Å². The lowest BCUT2D eigenvalue weighted by molar-refractivity contribution is 0.415. The molecule has 1 aliphatic rings. The molecule has 4 nitrogen and oxygen atoms in total. The summed E-state index contributed by atoms with van der Waals surface area (Å²) in [5.41, 5.74) is 2.95. The number of halogens is 1. The van der Waals surface area contributed by atoms with E-state index in [1.807, 2.05) is 48.5 Å². The Kier molecular flexibility index (Phi) is 5.33. The van der Waals surface area contributed by atoms with Gasteiger partial charge in [0, 0.05) is 11.2 Å². The van der Waals surface area contributed by atoms with Crippen LogP contribution >= 0.6 is 23.4 Å². The van der Waals surface area contributed by atoms with E-state index in [0.29, 0.717) is 10.2 Å². The van der Waals surface area contributed by atoms with E-state index in [-0.39, 0.29) is 5.25 Å². The van der Waals surface area contributed by atoms with Crippen molar-refractivity contribution in [2.24, 2.45) is 15.2 Å². The van der Waals surface area contributed by atoms with Gasteiger partial charge in [0.2, 0.25) is 5.17 Å². The number of ether oxygens (including phenoxy) is 1. The lowest BCUT2D eigenvalue weighted by Crippen LogP contribution is -2.19. The summed E-state index contributed by atoms with van der Waals surface area (Å²) < 4.78 is 5.14. The van der Waals surface area contributed by atoms with Gasteiger partial charge in [-0.25, -0.2) is 4.99 Å². The molecule has 2 aromatic rings. The second-order valence-electron chi connectivity index (χ2n) is 5.17. The Bertz CT molecular complexity index is 798. The molecule has 0 spiro atoms. The van der Waals surface area contributed by atoms with Crippen LogP contribution in [0.5, 0.6) is 5.75 Å². The van der Waals surface area contributed by atoms with E-state index in [1.165, 1.54) is 0 Å². The van der Waals surface area contributed by atoms with Crippen molar-refractivity contribution in [1.82, 2.24) is 0 Å². The first-order valence-corrected chi connectivity index (χ1v) is 8.68. The summed E-state index contributed by atoms with van der Waals surface area (Å²) in [7, 11) is 1.65. The maximum absolute atomic E-state index is 5.93. The van der Waals surface area contributed by atoms with Crippen molar-refractivity contribution < 1.29 is 4.74 Å². The SMILES string of the molecule is COc1ccc(C=NC2=NN=C(c3ccc(Cl)cc3)C(C)S2)cc1. The summed E-state index contributed by atoms with van der Waals surface area (Å²) >= 11 is 7.51. The van der Waals surface area contributed by atoms with E-state index in [1.54, 1.807) is 25.1 Å². The van der Waals surface area contributed by atoms with Gasteiger partial charge >= 0.3 is 0 Å². The number of amidine groups is 1. The molecule has 3 rings (SSSR count). The minimum absolute atomic E-state index is 0.173. The van der Waals surface area contributed by atoms with Crippen molar-refractivity contribution in [2.45, 2.75) is 12.2 Å². The predicted octanol–water partition coefficient (Wildman–Crippen LogP) is 4.66. The van der Waals surface area contributed by atoms with Crippen LogP contribution in [0, 0.1) is 0 Å². The molecule has 0 N–H and O–H groups in total. The molecule has 0 aromatic heterocycles. The lowest BCUT2D eigenvalue weighted by Gasteiger charge is -2.16. The summed E-state index contributed by atoms with van der Waals surface area (Å²) in [6, 6.07) is 15.3. The number of nitrogens with zero attached hydrogens (tertiary/aromatic N) is 3. The molecule has 122 valence electrons. The summed E-state index contributed by atoms with van der Waals surface area (Å²) in [5, 5.41) is 10.1. The Labute approximate surface area is 150 Å². The van der Waals surface area contributed by atoms with E-state index in [4.69, 9.17) is 16.3 Å². The normalized spacial score (nSPS) is 17.5. The predicted molar refractivity (Wildman–Crippen MR) is 103 cm³/mol. The molecular weight excluding hydrogens is 342 g/mol. The third-order valence-electron chi connectivity index (χ3n) is 3.49. The van der Waals surface area contributed by atoms with Gasteiger partial charge in [0.25, 0.3) is 0 Å². The Morgan fingerprint density at radius 2 is 1.79 bits per heavy atom. The van der Waals surface area contributed by atoms with Crippen LogP contribution in [0.15, 0.2) is 63.7 Å². The van der Waals surface area contributed by atoms with Crippen LogP contribution in [-0.4, -0.2) is 29.5 Å². The smallest absolute Gasteiger partial charge is 0.209 e. The van der Waals surface area contributed by atoms with Gasteiger partial charge in [0.15, 0.2) is 0 Å². The van der Waals surface area contributed by atoms with Crippen LogP contribution in [0.25, 0.3) is 0 Å². The third kappa shape index (κ3) is 4.04. The number of aliphatic imine (C=N–C) groups is 1. The van der Waals surface area contributed by atoms with Gasteiger partial charge in [0.1, 0.15) is 5.75 Å². The van der Waals surface area contributed by atoms with Gasteiger partial charge in [-0.15, -0.1) is 5.10 Å². The fourth-order valence-electron chi connectivity index (χ4n) is 2.20. The molecule has 1 unspecified atom stereocenters. The van der Waals surface area contributed by atoms with Crippen LogP contribution in [0.3, 0.4) is 0 Å². The standard InChI is InChI=1S/C18H16ClN3OS/c1-12-17(14-5-7-15(19)8-6-14)21-22-18(24-12)20-11-13-3-9-16(23-2)10-4-13/h3-12H,1-2H3. The van der Waals surface area contributed by atoms with E-state index in [0.717, 1.165) is 22.6 Å². The highest BCUT2D eigenvalue weighted by atomic mass is 35.5. The fraction of sp³-hybridized carbons (Fsp3) is 0.167. The average molecular weight is 358 g/mol. The molecule has 0 bridgehead atoms. The number of thioether (sulfide) groups is 1. The Morgan fingerprint density at radius 1 is 1.08 bits per heavy atom. The highest BCUT2D eigenvalue weighted by molar-refractivity contribution is 8.15. The lowest BCUT2D eigenvalue weighted by atomic mass is 10.1. The highest BCUT2D eigenvalue weighted by Crippen LogP contribution is 2.24. The zero-order valence-corrected chi connectivity index (χ0v) is 14.9. The van der Waals surface area contributed by atoms with Gasteiger partial charge in [-0.1, -0.05) is 35.5 Å². The summed E-state index contributed by atoms with van der Waals surface area (Å²) in [5.74, 6) is 0.822. The second-order valence-corrected chi connectivity index (χ2v) is 6.91. The van der Waals surface area contributed by atoms with Crippen LogP contribution in [0.1, 0.15) is 18.1 Å². The van der Waals surface area contributed by atoms with Gasteiger partial charge in [0.05, 0.1) is 18.1 Å². The number of benzene rings is 2. The molecular formula is C18H16ClN3OS. The largest absolute Gasteiger partial charge is 0.497 e. The monoisotopic (exact) mass is 357 g/mol. The molecule has 0 radical (unpaired) electrons. The van der Waals surface area contributed by atoms with E-state index < -0.39 is 0 Å². The van der Waals surface area contributed by atoms with Crippen LogP contribution in [-0.2, 0) is 0 Å². The Hall–Kier alpha value is -2.11. The van der Waals surface area contributed by atoms with E-state index >= 15 is 0 Å². The highest BCUT2D eigenvalue weighted by Gasteiger charge is 2.20. The first-order chi connectivity index (χ1) is 11.7. The van der Waals surface area contributed by atoms with Crippen molar-refractivity contribution in [1.29, 1.82) is 0 Å². The minimum Gasteiger partial charge on any atom is -0.497 e. The van der Waals surface area contributed by atoms with Crippen molar-refractivity contribution in [3.8, 4) is 5.75 Å². The number of hydrogen-bond acceptors (Lipinski definition) is 5. The molecule has 0 saturated carbocycles.